The number of thiazole rings is 1. The van der Waals surface area contributed by atoms with E-state index in [0.717, 1.165) is 9.13 Å². The highest BCUT2D eigenvalue weighted by molar-refractivity contribution is 14.1. The molecule has 0 radical (unpaired) electrons. The summed E-state index contributed by atoms with van der Waals surface area (Å²) >= 11 is 9.96. The van der Waals surface area contributed by atoms with Crippen molar-refractivity contribution in [1.82, 2.24) is 4.57 Å². The van der Waals surface area contributed by atoms with Gasteiger partial charge in [-0.15, -0.1) is 0 Å². The molecule has 10 heteroatoms. The van der Waals surface area contributed by atoms with Gasteiger partial charge in [0.1, 0.15) is 12.6 Å². The highest BCUT2D eigenvalue weighted by atomic mass is 127. The number of fused-ring (bicyclic) bond motifs is 1. The second-order valence-electron chi connectivity index (χ2n) is 7.96. The highest BCUT2D eigenvalue weighted by Gasteiger charge is 2.34. The molecule has 0 saturated carbocycles. The number of aromatic nitrogens is 1. The molecule has 192 valence electrons. The molecule has 2 aromatic carbocycles. The molecular weight excluding hydrogens is 627 g/mol. The number of esters is 1. The van der Waals surface area contributed by atoms with Crippen LogP contribution < -0.4 is 24.4 Å². The second kappa shape index (κ2) is 11.7. The summed E-state index contributed by atoms with van der Waals surface area (Å²) in [6.07, 6.45) is 3.44. The summed E-state index contributed by atoms with van der Waals surface area (Å²) in [4.78, 5) is 31.9. The molecule has 7 nitrogen and oxygen atoms in total. The van der Waals surface area contributed by atoms with E-state index in [-0.39, 0.29) is 17.7 Å². The Kier molecular flexibility index (Phi) is 8.56. The third-order valence-corrected chi connectivity index (χ3v) is 7.74. The number of benzene rings is 2. The van der Waals surface area contributed by atoms with Crippen molar-refractivity contribution in [3.63, 3.8) is 0 Å². The minimum atomic E-state index is -0.768. The van der Waals surface area contributed by atoms with Crippen LogP contribution in [0.25, 0.3) is 6.08 Å². The van der Waals surface area contributed by atoms with Gasteiger partial charge in [-0.2, -0.15) is 0 Å². The van der Waals surface area contributed by atoms with Crippen LogP contribution in [0.1, 0.15) is 31.0 Å². The van der Waals surface area contributed by atoms with Crippen molar-refractivity contribution >= 4 is 57.6 Å². The Labute approximate surface area is 236 Å². The quantitative estimate of drug-likeness (QED) is 0.202. The van der Waals surface area contributed by atoms with Gasteiger partial charge in [-0.05, 0) is 71.8 Å². The molecule has 4 rings (SSSR count). The van der Waals surface area contributed by atoms with Crippen molar-refractivity contribution < 1.29 is 19.0 Å². The van der Waals surface area contributed by atoms with Gasteiger partial charge < -0.3 is 14.2 Å². The van der Waals surface area contributed by atoms with Crippen LogP contribution in [-0.2, 0) is 9.53 Å². The Morgan fingerprint density at radius 1 is 1.32 bits per heavy atom. The number of nitrogens with zero attached hydrogens (tertiary/aromatic N) is 2. The predicted octanol–water partition coefficient (Wildman–Crippen LogP) is 4.63. The first-order valence-electron chi connectivity index (χ1n) is 11.4. The van der Waals surface area contributed by atoms with Gasteiger partial charge in [0.25, 0.3) is 5.56 Å². The van der Waals surface area contributed by atoms with Gasteiger partial charge in [-0.1, -0.05) is 53.8 Å². The Balaban J connectivity index is 1.92. The number of rotatable bonds is 8. The first-order valence-corrected chi connectivity index (χ1v) is 13.6. The van der Waals surface area contributed by atoms with E-state index in [0.29, 0.717) is 43.7 Å². The van der Waals surface area contributed by atoms with Crippen LogP contribution in [0.2, 0.25) is 5.02 Å². The molecule has 2 heterocycles. The van der Waals surface area contributed by atoms with Crippen molar-refractivity contribution in [2.75, 3.05) is 20.3 Å². The Bertz CT molecular complexity index is 1590. The lowest BCUT2D eigenvalue weighted by molar-refractivity contribution is -0.139. The van der Waals surface area contributed by atoms with Gasteiger partial charge in [0.15, 0.2) is 16.3 Å². The lowest BCUT2D eigenvalue weighted by Gasteiger charge is -2.25. The first-order chi connectivity index (χ1) is 17.8. The van der Waals surface area contributed by atoms with Crippen LogP contribution in [0.15, 0.2) is 70.1 Å². The number of methoxy groups -OCH3 is 1. The van der Waals surface area contributed by atoms with Gasteiger partial charge in [0.05, 0.1) is 33.1 Å². The minimum Gasteiger partial charge on any atom is -0.493 e. The predicted molar refractivity (Wildman–Crippen MR) is 153 cm³/mol. The van der Waals surface area contributed by atoms with Gasteiger partial charge in [0, 0.05) is 5.02 Å². The largest absolute Gasteiger partial charge is 0.493 e. The fourth-order valence-corrected chi connectivity index (χ4v) is 6.11. The monoisotopic (exact) mass is 650 g/mol. The molecule has 1 aliphatic heterocycles. The summed E-state index contributed by atoms with van der Waals surface area (Å²) in [5.74, 6) is 0.620. The van der Waals surface area contributed by atoms with Crippen molar-refractivity contribution in [3.8, 4) is 11.5 Å². The standard InChI is InChI=1S/C27H24ClIN2O5S/c1-5-11-36-24-19(29)12-16(13-20(24)34-4)14-21-25(32)31-23(17-9-7-8-10-18(17)28)22(26(33)35-6-2)15(3)30-27(31)37-21/h5,7-10,12-14,23H,1,6,11H2,2-4H3/b21-14-/t23-/m0/s1. The number of allylic oxidation sites excluding steroid dienone is 1. The zero-order valence-corrected chi connectivity index (χ0v) is 24.1. The fraction of sp³-hybridized carbons (Fsp3) is 0.222. The number of carbonyl (C=O) groups excluding carboxylic acids is 1. The van der Waals surface area contributed by atoms with Crippen molar-refractivity contribution in [3.05, 3.63) is 99.7 Å². The van der Waals surface area contributed by atoms with Crippen LogP contribution in [0, 0.1) is 3.57 Å². The minimum absolute atomic E-state index is 0.197. The number of halogens is 2. The van der Waals surface area contributed by atoms with Gasteiger partial charge >= 0.3 is 5.97 Å². The van der Waals surface area contributed by atoms with Crippen molar-refractivity contribution in [1.29, 1.82) is 0 Å². The number of hydrogen-bond donors (Lipinski definition) is 0. The maximum absolute atomic E-state index is 13.8. The molecule has 0 N–H and O–H groups in total. The van der Waals surface area contributed by atoms with Crippen molar-refractivity contribution in [2.24, 2.45) is 4.99 Å². The second-order valence-corrected chi connectivity index (χ2v) is 10.5. The fourth-order valence-electron chi connectivity index (χ4n) is 4.04. The molecule has 0 amide bonds. The van der Waals surface area contributed by atoms with E-state index >= 15 is 0 Å². The van der Waals surface area contributed by atoms with Crippen LogP contribution >= 0.6 is 45.5 Å². The summed E-state index contributed by atoms with van der Waals surface area (Å²) < 4.78 is 19.4. The number of carbonyl (C=O) groups is 1. The molecule has 0 fully saturated rings. The maximum atomic E-state index is 13.8. The summed E-state index contributed by atoms with van der Waals surface area (Å²) in [6, 6.07) is 10.1. The third-order valence-electron chi connectivity index (χ3n) is 5.61. The van der Waals surface area contributed by atoms with Crippen molar-refractivity contribution in [2.45, 2.75) is 19.9 Å². The number of hydrogen-bond acceptors (Lipinski definition) is 7. The summed E-state index contributed by atoms with van der Waals surface area (Å²) in [6.45, 7) is 7.69. The normalized spacial score (nSPS) is 15.2. The zero-order valence-electron chi connectivity index (χ0n) is 20.4. The van der Waals surface area contributed by atoms with E-state index in [9.17, 15) is 9.59 Å². The average Bonchev–Trinajstić information content (AvgIpc) is 3.17. The lowest BCUT2D eigenvalue weighted by Crippen LogP contribution is -2.40. The van der Waals surface area contributed by atoms with Crippen LogP contribution in [-0.4, -0.2) is 30.9 Å². The van der Waals surface area contributed by atoms with Gasteiger partial charge in [-0.3, -0.25) is 9.36 Å². The Hall–Kier alpha value is -2.89. The zero-order chi connectivity index (χ0) is 26.7. The number of ether oxygens (including phenoxy) is 3. The van der Waals surface area contributed by atoms with E-state index in [4.69, 9.17) is 25.8 Å². The van der Waals surface area contributed by atoms with Crippen LogP contribution in [0.4, 0.5) is 0 Å². The topological polar surface area (TPSA) is 79.1 Å². The van der Waals surface area contributed by atoms with E-state index in [2.05, 4.69) is 34.2 Å². The summed E-state index contributed by atoms with van der Waals surface area (Å²) in [5, 5.41) is 0.438. The molecule has 3 aromatic rings. The van der Waals surface area contributed by atoms with E-state index in [1.54, 1.807) is 57.4 Å². The smallest absolute Gasteiger partial charge is 0.338 e. The molecule has 0 aliphatic carbocycles. The third kappa shape index (κ3) is 5.39. The van der Waals surface area contributed by atoms with E-state index < -0.39 is 12.0 Å². The highest BCUT2D eigenvalue weighted by Crippen LogP contribution is 2.35. The van der Waals surface area contributed by atoms with Gasteiger partial charge in [-0.25, -0.2) is 9.79 Å². The molecular formula is C27H24ClIN2O5S. The van der Waals surface area contributed by atoms with E-state index in [1.165, 1.54) is 15.9 Å². The molecule has 1 atom stereocenters. The Morgan fingerprint density at radius 2 is 2.08 bits per heavy atom. The SMILES string of the molecule is C=CCOc1c(I)cc(/C=c2\sc3n(c2=O)[C@@H](c2ccccc2Cl)C(C(=O)OCC)=C(C)N=3)cc1OC. The molecule has 0 saturated heterocycles. The Morgan fingerprint density at radius 3 is 2.76 bits per heavy atom. The molecule has 0 spiro atoms. The van der Waals surface area contributed by atoms with Crippen LogP contribution in [0.3, 0.4) is 0 Å². The lowest BCUT2D eigenvalue weighted by atomic mass is 9.96. The molecule has 0 unspecified atom stereocenters. The summed E-state index contributed by atoms with van der Waals surface area (Å²) in [5.41, 5.74) is 1.86. The van der Waals surface area contributed by atoms with Gasteiger partial charge in [0.2, 0.25) is 0 Å². The maximum Gasteiger partial charge on any atom is 0.338 e. The van der Waals surface area contributed by atoms with E-state index in [1.807, 2.05) is 12.1 Å². The molecule has 1 aromatic heterocycles. The van der Waals surface area contributed by atoms with Crippen LogP contribution in [0.5, 0.6) is 11.5 Å². The molecule has 1 aliphatic rings. The summed E-state index contributed by atoms with van der Waals surface area (Å²) in [7, 11) is 1.56. The average molecular weight is 651 g/mol. The molecule has 37 heavy (non-hydrogen) atoms. The first kappa shape index (κ1) is 27.2. The molecule has 0 bridgehead atoms.